The average Bonchev–Trinajstić information content (AvgIpc) is 3.05. The lowest BCUT2D eigenvalue weighted by molar-refractivity contribution is 0.578. The summed E-state index contributed by atoms with van der Waals surface area (Å²) in [4.78, 5) is 25.8. The smallest absolute Gasteiger partial charge is 0.239 e. The van der Waals surface area contributed by atoms with Crippen molar-refractivity contribution in [1.29, 1.82) is 0 Å². The van der Waals surface area contributed by atoms with Crippen LogP contribution < -0.4 is 20.4 Å². The number of nitrogens with one attached hydrogen (secondary N) is 2. The molecule has 0 unspecified atom stereocenters. The summed E-state index contributed by atoms with van der Waals surface area (Å²) in [6, 6.07) is 13.3. The normalized spacial score (nSPS) is 20.0. The van der Waals surface area contributed by atoms with Gasteiger partial charge in [-0.1, -0.05) is 0 Å². The summed E-state index contributed by atoms with van der Waals surface area (Å²) in [5, 5.41) is 6.83. The predicted octanol–water partition coefficient (Wildman–Crippen LogP) is 5.55. The van der Waals surface area contributed by atoms with Crippen LogP contribution in [0.1, 0.15) is 49.7 Å². The minimum absolute atomic E-state index is 0.581. The number of anilines is 4. The van der Waals surface area contributed by atoms with E-state index < -0.39 is 0 Å². The Hall–Kier alpha value is -4.40. The van der Waals surface area contributed by atoms with E-state index in [4.69, 9.17) is 9.98 Å². The zero-order chi connectivity index (χ0) is 27.8. The summed E-state index contributed by atoms with van der Waals surface area (Å²) in [6.07, 6.45) is 13.4. The van der Waals surface area contributed by atoms with Gasteiger partial charge >= 0.3 is 0 Å². The second kappa shape index (κ2) is 10.9. The van der Waals surface area contributed by atoms with Gasteiger partial charge in [0.2, 0.25) is 11.9 Å². The number of nitrogens with zero attached hydrogens (tertiary/aromatic N) is 7. The highest BCUT2D eigenvalue weighted by Gasteiger charge is 2.32. The second-order valence-corrected chi connectivity index (χ2v) is 11.1. The van der Waals surface area contributed by atoms with E-state index in [1.165, 1.54) is 49.9 Å². The van der Waals surface area contributed by atoms with Gasteiger partial charge in [0.15, 0.2) is 0 Å². The van der Waals surface area contributed by atoms with Crippen LogP contribution in [0, 0.1) is 0 Å². The van der Waals surface area contributed by atoms with Gasteiger partial charge in [-0.2, -0.15) is 0 Å². The molecule has 0 amide bonds. The molecule has 9 nitrogen and oxygen atoms in total. The summed E-state index contributed by atoms with van der Waals surface area (Å²) in [5.41, 5.74) is 9.41. The van der Waals surface area contributed by atoms with Crippen molar-refractivity contribution in [2.45, 2.75) is 38.5 Å². The molecule has 210 valence electrons. The standard InChI is InChI=1S/C32H37N9/c1-33-27-17-22(39-13-5-3-6-14-39)9-11-25(27)29-19-24-20-30(38-32-36-21-35-31(37-29)41(24)32)26-12-10-23(18-28(26)34-2)40-15-7-4-8-16-40/h9-12,17-21,33-34H,3-8,13-16H2,1-2H3. The first-order valence-corrected chi connectivity index (χ1v) is 14.9. The number of allylic oxidation sites excluding steroid dienone is 2. The molecule has 2 saturated heterocycles. The number of aliphatic imine (C=N–C) groups is 4. The fourth-order valence-electron chi connectivity index (χ4n) is 6.36. The highest BCUT2D eigenvalue weighted by atomic mass is 15.4. The topological polar surface area (TPSA) is 83.2 Å². The summed E-state index contributed by atoms with van der Waals surface area (Å²) in [5.74, 6) is 1.16. The molecule has 0 atom stereocenters. The van der Waals surface area contributed by atoms with E-state index in [0.29, 0.717) is 11.9 Å². The minimum atomic E-state index is 0.581. The maximum absolute atomic E-state index is 4.95. The van der Waals surface area contributed by atoms with Gasteiger partial charge in [-0.25, -0.2) is 24.9 Å². The fourth-order valence-corrected chi connectivity index (χ4v) is 6.36. The Morgan fingerprint density at radius 3 is 1.90 bits per heavy atom. The van der Waals surface area contributed by atoms with Crippen LogP contribution in [0.15, 0.2) is 74.2 Å². The van der Waals surface area contributed by atoms with E-state index >= 15 is 0 Å². The van der Waals surface area contributed by atoms with Crippen molar-refractivity contribution in [3.63, 3.8) is 0 Å². The maximum Gasteiger partial charge on any atom is 0.239 e. The minimum Gasteiger partial charge on any atom is -0.388 e. The van der Waals surface area contributed by atoms with Gasteiger partial charge in [0.25, 0.3) is 0 Å². The molecule has 0 bridgehead atoms. The zero-order valence-electron chi connectivity index (χ0n) is 23.9. The third-order valence-electron chi connectivity index (χ3n) is 8.55. The molecule has 7 rings (SSSR count). The Kier molecular flexibility index (Phi) is 6.78. The van der Waals surface area contributed by atoms with Gasteiger partial charge in [-0.3, -0.25) is 0 Å². The molecule has 2 aromatic carbocycles. The Morgan fingerprint density at radius 1 is 0.659 bits per heavy atom. The number of benzene rings is 2. The van der Waals surface area contributed by atoms with Gasteiger partial charge in [-0.15, -0.1) is 0 Å². The molecule has 0 aliphatic carbocycles. The van der Waals surface area contributed by atoms with Crippen LogP contribution in [0.3, 0.4) is 0 Å². The molecule has 5 aliphatic rings. The van der Waals surface area contributed by atoms with E-state index in [2.05, 4.69) is 79.0 Å². The highest BCUT2D eigenvalue weighted by molar-refractivity contribution is 6.24. The largest absolute Gasteiger partial charge is 0.388 e. The monoisotopic (exact) mass is 547 g/mol. The van der Waals surface area contributed by atoms with Crippen LogP contribution in [-0.2, 0) is 0 Å². The van der Waals surface area contributed by atoms with Crippen molar-refractivity contribution in [1.82, 2.24) is 4.90 Å². The molecule has 5 aliphatic heterocycles. The van der Waals surface area contributed by atoms with Crippen molar-refractivity contribution < 1.29 is 0 Å². The molecule has 2 aromatic rings. The second-order valence-electron chi connectivity index (χ2n) is 11.1. The van der Waals surface area contributed by atoms with Gasteiger partial charge in [0, 0.05) is 74.2 Å². The van der Waals surface area contributed by atoms with Crippen molar-refractivity contribution >= 4 is 52.4 Å². The Labute approximate surface area is 241 Å². The zero-order valence-corrected chi connectivity index (χ0v) is 23.9. The fraction of sp³-hybridized carbons (Fsp3) is 0.375. The first-order valence-electron chi connectivity index (χ1n) is 14.9. The lowest BCUT2D eigenvalue weighted by atomic mass is 10.0. The predicted molar refractivity (Wildman–Crippen MR) is 172 cm³/mol. The Morgan fingerprint density at radius 2 is 1.27 bits per heavy atom. The van der Waals surface area contributed by atoms with E-state index in [1.807, 2.05) is 19.0 Å². The first-order chi connectivity index (χ1) is 20.2. The molecule has 0 radical (unpaired) electrons. The van der Waals surface area contributed by atoms with Crippen LogP contribution in [0.2, 0.25) is 0 Å². The van der Waals surface area contributed by atoms with Crippen LogP contribution in [-0.4, -0.2) is 69.1 Å². The van der Waals surface area contributed by atoms with E-state index in [0.717, 1.165) is 65.8 Å². The van der Waals surface area contributed by atoms with E-state index in [1.54, 1.807) is 6.34 Å². The third kappa shape index (κ3) is 4.79. The molecule has 0 aromatic heterocycles. The lowest BCUT2D eigenvalue weighted by Gasteiger charge is -2.33. The van der Waals surface area contributed by atoms with E-state index in [9.17, 15) is 0 Å². The quantitative estimate of drug-likeness (QED) is 0.496. The molecule has 5 heterocycles. The number of piperidine rings is 2. The number of rotatable bonds is 6. The number of hydrogen-bond acceptors (Lipinski definition) is 9. The highest BCUT2D eigenvalue weighted by Crippen LogP contribution is 2.36. The van der Waals surface area contributed by atoms with Crippen molar-refractivity contribution in [3.8, 4) is 0 Å². The Balaban J connectivity index is 1.25. The molecule has 0 saturated carbocycles. The maximum atomic E-state index is 4.95. The SMILES string of the molecule is CNc1cc(N2CCCCC2)ccc1C1=CC2=CC(c3ccc(N4CCCCC4)cc3NC)=NC3=NC=NC(=N1)N23. The molecule has 2 N–H and O–H groups in total. The van der Waals surface area contributed by atoms with Gasteiger partial charge in [0.05, 0.1) is 17.1 Å². The number of guanidine groups is 2. The molecule has 2 fully saturated rings. The van der Waals surface area contributed by atoms with E-state index in [-0.39, 0.29) is 0 Å². The summed E-state index contributed by atoms with van der Waals surface area (Å²) < 4.78 is 0. The summed E-state index contributed by atoms with van der Waals surface area (Å²) >= 11 is 0. The Bertz CT molecular complexity index is 1460. The number of hydrogen-bond donors (Lipinski definition) is 2. The van der Waals surface area contributed by atoms with Crippen molar-refractivity contribution in [2.75, 3.05) is 60.7 Å². The van der Waals surface area contributed by atoms with Crippen LogP contribution in [0.5, 0.6) is 0 Å². The summed E-state index contributed by atoms with van der Waals surface area (Å²) in [7, 11) is 3.95. The first kappa shape index (κ1) is 25.6. The van der Waals surface area contributed by atoms with Gasteiger partial charge in [0.1, 0.15) is 6.34 Å². The lowest BCUT2D eigenvalue weighted by Crippen LogP contribution is -2.40. The third-order valence-corrected chi connectivity index (χ3v) is 8.55. The van der Waals surface area contributed by atoms with Crippen LogP contribution in [0.4, 0.5) is 22.7 Å². The van der Waals surface area contributed by atoms with Crippen LogP contribution >= 0.6 is 0 Å². The van der Waals surface area contributed by atoms with Crippen molar-refractivity contribution in [2.24, 2.45) is 20.0 Å². The molecular formula is C32H37N9. The molecule has 9 heteroatoms. The molecular weight excluding hydrogens is 510 g/mol. The van der Waals surface area contributed by atoms with Gasteiger partial charge in [-0.05, 0) is 87.1 Å². The average molecular weight is 548 g/mol. The van der Waals surface area contributed by atoms with Gasteiger partial charge < -0.3 is 20.4 Å². The van der Waals surface area contributed by atoms with Crippen LogP contribution in [0.25, 0.3) is 5.70 Å². The summed E-state index contributed by atoms with van der Waals surface area (Å²) in [6.45, 7) is 4.45. The van der Waals surface area contributed by atoms with Crippen molar-refractivity contribution in [3.05, 3.63) is 65.4 Å². The molecule has 0 spiro atoms. The molecule has 41 heavy (non-hydrogen) atoms.